The van der Waals surface area contributed by atoms with Crippen LogP contribution in [-0.2, 0) is 0 Å². The first kappa shape index (κ1) is 17.7. The van der Waals surface area contributed by atoms with Crippen LogP contribution < -0.4 is 0 Å². The lowest BCUT2D eigenvalue weighted by atomic mass is 10.2. The summed E-state index contributed by atoms with van der Waals surface area (Å²) >= 11 is 0. The van der Waals surface area contributed by atoms with Gasteiger partial charge in [-0.1, -0.05) is 0 Å². The zero-order chi connectivity index (χ0) is 16.2. The Bertz CT molecular complexity index is 353. The zero-order valence-electron chi connectivity index (χ0n) is 15.7. The fourth-order valence-corrected chi connectivity index (χ4v) is 4.75. The first-order valence-corrected chi connectivity index (χ1v) is 10.1. The molecule has 4 nitrogen and oxygen atoms in total. The van der Waals surface area contributed by atoms with E-state index >= 15 is 0 Å². The Labute approximate surface area is 143 Å². The van der Waals surface area contributed by atoms with E-state index in [1.165, 1.54) is 84.6 Å². The molecule has 2 atom stereocenters. The van der Waals surface area contributed by atoms with Gasteiger partial charge in [0.05, 0.1) is 0 Å². The average molecular weight is 323 g/mol. The van der Waals surface area contributed by atoms with Crippen molar-refractivity contribution >= 4 is 0 Å². The molecule has 0 aromatic rings. The molecule has 0 bridgehead atoms. The van der Waals surface area contributed by atoms with Crippen LogP contribution in [0.3, 0.4) is 0 Å². The Morgan fingerprint density at radius 3 is 2.30 bits per heavy atom. The molecule has 23 heavy (non-hydrogen) atoms. The van der Waals surface area contributed by atoms with E-state index in [-0.39, 0.29) is 0 Å². The second kappa shape index (κ2) is 8.28. The summed E-state index contributed by atoms with van der Waals surface area (Å²) in [5.74, 6) is 0. The SMILES string of the molecule is CC(C)N1CCCN(C[C@@H](C)N2CCC(N3CCCC3)C2)CC1. The minimum Gasteiger partial charge on any atom is -0.300 e. The summed E-state index contributed by atoms with van der Waals surface area (Å²) in [5.41, 5.74) is 0. The molecule has 3 aliphatic heterocycles. The average Bonchev–Trinajstić information content (AvgIpc) is 3.16. The molecule has 0 saturated carbocycles. The molecule has 0 radical (unpaired) electrons. The van der Waals surface area contributed by atoms with Gasteiger partial charge in [0, 0.05) is 50.8 Å². The quantitative estimate of drug-likeness (QED) is 0.767. The van der Waals surface area contributed by atoms with Crippen molar-refractivity contribution in [2.45, 2.75) is 64.6 Å². The van der Waals surface area contributed by atoms with E-state index in [2.05, 4.69) is 40.4 Å². The number of hydrogen-bond donors (Lipinski definition) is 0. The molecule has 0 amide bonds. The maximum absolute atomic E-state index is 2.76. The van der Waals surface area contributed by atoms with Crippen molar-refractivity contribution in [3.8, 4) is 0 Å². The van der Waals surface area contributed by atoms with Crippen molar-refractivity contribution in [1.82, 2.24) is 19.6 Å². The molecule has 0 aliphatic carbocycles. The molecule has 0 spiro atoms. The van der Waals surface area contributed by atoms with E-state index in [1.807, 2.05) is 0 Å². The Kier molecular flexibility index (Phi) is 6.36. The van der Waals surface area contributed by atoms with Crippen LogP contribution in [0.1, 0.15) is 46.5 Å². The molecular weight excluding hydrogens is 284 g/mol. The molecule has 3 heterocycles. The van der Waals surface area contributed by atoms with Gasteiger partial charge in [0.15, 0.2) is 0 Å². The predicted octanol–water partition coefficient (Wildman–Crippen LogP) is 1.96. The van der Waals surface area contributed by atoms with E-state index in [0.29, 0.717) is 12.1 Å². The summed E-state index contributed by atoms with van der Waals surface area (Å²) in [6.07, 6.45) is 5.57. The highest BCUT2D eigenvalue weighted by Crippen LogP contribution is 2.22. The Morgan fingerprint density at radius 1 is 0.783 bits per heavy atom. The molecule has 134 valence electrons. The Morgan fingerprint density at radius 2 is 1.57 bits per heavy atom. The lowest BCUT2D eigenvalue weighted by Crippen LogP contribution is -2.44. The molecule has 4 heteroatoms. The number of nitrogens with zero attached hydrogens (tertiary/aromatic N) is 4. The highest BCUT2D eigenvalue weighted by molar-refractivity contribution is 4.88. The molecule has 3 rings (SSSR count). The van der Waals surface area contributed by atoms with E-state index in [0.717, 1.165) is 6.04 Å². The highest BCUT2D eigenvalue weighted by atomic mass is 15.3. The topological polar surface area (TPSA) is 13.0 Å². The summed E-state index contributed by atoms with van der Waals surface area (Å²) in [6, 6.07) is 2.26. The number of hydrogen-bond acceptors (Lipinski definition) is 4. The van der Waals surface area contributed by atoms with Gasteiger partial charge in [0.25, 0.3) is 0 Å². The highest BCUT2D eigenvalue weighted by Gasteiger charge is 2.32. The van der Waals surface area contributed by atoms with Crippen molar-refractivity contribution in [2.24, 2.45) is 0 Å². The molecule has 3 saturated heterocycles. The second-order valence-corrected chi connectivity index (χ2v) is 8.31. The summed E-state index contributed by atoms with van der Waals surface area (Å²) in [7, 11) is 0. The summed E-state index contributed by atoms with van der Waals surface area (Å²) in [5, 5.41) is 0. The van der Waals surface area contributed by atoms with Crippen molar-refractivity contribution in [3.05, 3.63) is 0 Å². The molecule has 1 unspecified atom stereocenters. The predicted molar refractivity (Wildman–Crippen MR) is 98.0 cm³/mol. The minimum atomic E-state index is 0.701. The molecule has 0 N–H and O–H groups in total. The van der Waals surface area contributed by atoms with Gasteiger partial charge in [-0.3, -0.25) is 14.7 Å². The maximum Gasteiger partial charge on any atom is 0.0235 e. The van der Waals surface area contributed by atoms with E-state index in [4.69, 9.17) is 0 Å². The van der Waals surface area contributed by atoms with Gasteiger partial charge < -0.3 is 4.90 Å². The van der Waals surface area contributed by atoms with Crippen LogP contribution in [0.25, 0.3) is 0 Å². The van der Waals surface area contributed by atoms with E-state index in [9.17, 15) is 0 Å². The van der Waals surface area contributed by atoms with Crippen molar-refractivity contribution < 1.29 is 0 Å². The van der Waals surface area contributed by atoms with Crippen molar-refractivity contribution in [3.63, 3.8) is 0 Å². The van der Waals surface area contributed by atoms with Crippen LogP contribution in [-0.4, -0.2) is 96.6 Å². The maximum atomic E-state index is 2.76. The van der Waals surface area contributed by atoms with Gasteiger partial charge in [-0.2, -0.15) is 0 Å². The van der Waals surface area contributed by atoms with Gasteiger partial charge in [-0.05, 0) is 72.6 Å². The van der Waals surface area contributed by atoms with Crippen LogP contribution in [0.2, 0.25) is 0 Å². The van der Waals surface area contributed by atoms with Gasteiger partial charge >= 0.3 is 0 Å². The van der Waals surface area contributed by atoms with E-state index in [1.54, 1.807) is 0 Å². The molecular formula is C19H38N4. The Balaban J connectivity index is 1.43. The normalized spacial score (nSPS) is 31.0. The van der Waals surface area contributed by atoms with Gasteiger partial charge in [0.1, 0.15) is 0 Å². The van der Waals surface area contributed by atoms with Crippen LogP contribution in [0.15, 0.2) is 0 Å². The van der Waals surface area contributed by atoms with Gasteiger partial charge in [0.2, 0.25) is 0 Å². The minimum absolute atomic E-state index is 0.701. The number of likely N-dealkylation sites (tertiary alicyclic amines) is 2. The molecule has 0 aromatic heterocycles. The first-order valence-electron chi connectivity index (χ1n) is 10.1. The number of rotatable bonds is 5. The first-order chi connectivity index (χ1) is 11.1. The Hall–Kier alpha value is -0.160. The van der Waals surface area contributed by atoms with Gasteiger partial charge in [-0.15, -0.1) is 0 Å². The third-order valence-corrected chi connectivity index (χ3v) is 6.35. The van der Waals surface area contributed by atoms with Crippen LogP contribution in [0, 0.1) is 0 Å². The lowest BCUT2D eigenvalue weighted by molar-refractivity contribution is 0.156. The summed E-state index contributed by atoms with van der Waals surface area (Å²) < 4.78 is 0. The summed E-state index contributed by atoms with van der Waals surface area (Å²) in [4.78, 5) is 10.9. The lowest BCUT2D eigenvalue weighted by Gasteiger charge is -2.31. The van der Waals surface area contributed by atoms with Crippen molar-refractivity contribution in [2.75, 3.05) is 58.9 Å². The fourth-order valence-electron chi connectivity index (χ4n) is 4.75. The fraction of sp³-hybridized carbons (Fsp3) is 1.00. The smallest absolute Gasteiger partial charge is 0.0235 e. The second-order valence-electron chi connectivity index (χ2n) is 8.31. The third-order valence-electron chi connectivity index (χ3n) is 6.35. The monoisotopic (exact) mass is 322 g/mol. The van der Waals surface area contributed by atoms with Crippen LogP contribution in [0.4, 0.5) is 0 Å². The van der Waals surface area contributed by atoms with Crippen LogP contribution >= 0.6 is 0 Å². The third kappa shape index (κ3) is 4.68. The summed E-state index contributed by atoms with van der Waals surface area (Å²) in [6.45, 7) is 18.8. The molecule has 3 fully saturated rings. The van der Waals surface area contributed by atoms with Gasteiger partial charge in [-0.25, -0.2) is 0 Å². The zero-order valence-corrected chi connectivity index (χ0v) is 15.7. The molecule has 0 aromatic carbocycles. The molecule has 3 aliphatic rings. The largest absolute Gasteiger partial charge is 0.300 e. The van der Waals surface area contributed by atoms with E-state index < -0.39 is 0 Å². The van der Waals surface area contributed by atoms with Crippen molar-refractivity contribution in [1.29, 1.82) is 0 Å². The standard InChI is InChI=1S/C19H38N4/c1-17(2)21-11-6-8-20(13-14-21)15-18(3)23-12-7-19(16-23)22-9-4-5-10-22/h17-19H,4-16H2,1-3H3/t18-,19?/m1/s1. The van der Waals surface area contributed by atoms with Crippen LogP contribution in [0.5, 0.6) is 0 Å².